The molecule has 1 saturated heterocycles. The smallest absolute Gasteiger partial charge is 0.324 e. The second-order valence-corrected chi connectivity index (χ2v) is 5.93. The molecule has 24 heavy (non-hydrogen) atoms. The topological polar surface area (TPSA) is 65.1 Å². The summed E-state index contributed by atoms with van der Waals surface area (Å²) in [4.78, 5) is 27.1. The number of methoxy groups -OCH3 is 1. The highest BCUT2D eigenvalue weighted by Gasteiger charge is 2.56. The van der Waals surface area contributed by atoms with Gasteiger partial charge in [0.05, 0.1) is 20.3 Å². The molecular weight excluding hydrogens is 310 g/mol. The lowest BCUT2D eigenvalue weighted by Crippen LogP contribution is -2.44. The van der Waals surface area contributed by atoms with E-state index in [-0.39, 0.29) is 25.8 Å². The minimum atomic E-state index is -1.28. The van der Waals surface area contributed by atoms with Gasteiger partial charge < -0.3 is 14.2 Å². The Hall–Kier alpha value is -2.08. The predicted octanol–water partition coefficient (Wildman–Crippen LogP) is 2.18. The molecule has 0 spiro atoms. The zero-order valence-corrected chi connectivity index (χ0v) is 14.7. The number of rotatable bonds is 6. The van der Waals surface area contributed by atoms with E-state index >= 15 is 0 Å². The number of likely N-dealkylation sites (tertiary alicyclic amines) is 1. The SMILES string of the molecule is CCOC(=O)C1(C(=O)OCC)CC(c2cccc(OC)c2)N(C)C1. The third kappa shape index (κ3) is 3.38. The molecule has 0 amide bonds. The summed E-state index contributed by atoms with van der Waals surface area (Å²) in [6, 6.07) is 7.57. The summed E-state index contributed by atoms with van der Waals surface area (Å²) in [5.41, 5.74) is -0.290. The average molecular weight is 335 g/mol. The molecule has 0 bridgehead atoms. The Morgan fingerprint density at radius 1 is 1.21 bits per heavy atom. The van der Waals surface area contributed by atoms with Crippen molar-refractivity contribution in [1.29, 1.82) is 0 Å². The Kier molecular flexibility index (Phi) is 5.83. The van der Waals surface area contributed by atoms with Crippen molar-refractivity contribution in [1.82, 2.24) is 4.90 Å². The van der Waals surface area contributed by atoms with Crippen molar-refractivity contribution in [3.05, 3.63) is 29.8 Å². The van der Waals surface area contributed by atoms with Crippen molar-refractivity contribution in [2.24, 2.45) is 5.41 Å². The highest BCUT2D eigenvalue weighted by Crippen LogP contribution is 2.44. The zero-order chi connectivity index (χ0) is 17.7. The van der Waals surface area contributed by atoms with Gasteiger partial charge in [0.15, 0.2) is 5.41 Å². The maximum atomic E-state index is 12.6. The quantitative estimate of drug-likeness (QED) is 0.586. The summed E-state index contributed by atoms with van der Waals surface area (Å²) in [5.74, 6) is -0.285. The Balaban J connectivity index is 2.34. The van der Waals surface area contributed by atoms with E-state index < -0.39 is 17.4 Å². The fraction of sp³-hybridized carbons (Fsp3) is 0.556. The van der Waals surface area contributed by atoms with Crippen molar-refractivity contribution >= 4 is 11.9 Å². The largest absolute Gasteiger partial charge is 0.497 e. The molecule has 1 fully saturated rings. The monoisotopic (exact) mass is 335 g/mol. The van der Waals surface area contributed by atoms with Crippen molar-refractivity contribution in [3.63, 3.8) is 0 Å². The van der Waals surface area contributed by atoms with Crippen molar-refractivity contribution in [2.45, 2.75) is 26.3 Å². The van der Waals surface area contributed by atoms with Gasteiger partial charge in [-0.1, -0.05) is 12.1 Å². The van der Waals surface area contributed by atoms with Crippen LogP contribution >= 0.6 is 0 Å². The first-order valence-corrected chi connectivity index (χ1v) is 8.17. The number of benzene rings is 1. The molecule has 0 N–H and O–H groups in total. The Morgan fingerprint density at radius 2 is 1.83 bits per heavy atom. The molecule has 0 radical (unpaired) electrons. The van der Waals surface area contributed by atoms with Crippen LogP contribution in [0.15, 0.2) is 24.3 Å². The summed E-state index contributed by atoms with van der Waals surface area (Å²) in [7, 11) is 3.50. The summed E-state index contributed by atoms with van der Waals surface area (Å²) >= 11 is 0. The number of ether oxygens (including phenoxy) is 3. The van der Waals surface area contributed by atoms with E-state index in [0.29, 0.717) is 6.42 Å². The van der Waals surface area contributed by atoms with Crippen molar-refractivity contribution < 1.29 is 23.8 Å². The molecule has 1 aliphatic heterocycles. The fourth-order valence-corrected chi connectivity index (χ4v) is 3.23. The van der Waals surface area contributed by atoms with Gasteiger partial charge in [-0.15, -0.1) is 0 Å². The number of carbonyl (C=O) groups excluding carboxylic acids is 2. The molecule has 1 aliphatic rings. The third-order valence-corrected chi connectivity index (χ3v) is 4.40. The maximum absolute atomic E-state index is 12.6. The van der Waals surface area contributed by atoms with Crippen LogP contribution in [0.5, 0.6) is 5.75 Å². The molecule has 1 atom stereocenters. The van der Waals surface area contributed by atoms with Crippen LogP contribution in [0.1, 0.15) is 31.9 Å². The van der Waals surface area contributed by atoms with Gasteiger partial charge in [0, 0.05) is 12.6 Å². The lowest BCUT2D eigenvalue weighted by atomic mass is 9.84. The van der Waals surface area contributed by atoms with Gasteiger partial charge >= 0.3 is 11.9 Å². The highest BCUT2D eigenvalue weighted by molar-refractivity contribution is 6.01. The van der Waals surface area contributed by atoms with Gasteiger partial charge in [0.25, 0.3) is 0 Å². The molecule has 1 aromatic rings. The van der Waals surface area contributed by atoms with Gasteiger partial charge in [-0.2, -0.15) is 0 Å². The van der Waals surface area contributed by atoms with E-state index in [1.807, 2.05) is 36.2 Å². The first-order valence-electron chi connectivity index (χ1n) is 8.17. The summed E-state index contributed by atoms with van der Waals surface area (Å²) in [6.45, 7) is 4.19. The number of nitrogens with zero attached hydrogens (tertiary/aromatic N) is 1. The summed E-state index contributed by atoms with van der Waals surface area (Å²) < 4.78 is 15.6. The van der Waals surface area contributed by atoms with Gasteiger partial charge in [-0.05, 0) is 45.0 Å². The molecule has 0 aliphatic carbocycles. The van der Waals surface area contributed by atoms with Crippen LogP contribution in [0.3, 0.4) is 0 Å². The third-order valence-electron chi connectivity index (χ3n) is 4.40. The molecule has 1 heterocycles. The molecule has 1 unspecified atom stereocenters. The molecule has 132 valence electrons. The molecule has 2 rings (SSSR count). The van der Waals surface area contributed by atoms with Crippen LogP contribution in [0, 0.1) is 5.41 Å². The molecular formula is C18H25NO5. The van der Waals surface area contributed by atoms with Gasteiger partial charge in [-0.3, -0.25) is 14.5 Å². The van der Waals surface area contributed by atoms with Crippen LogP contribution in [-0.4, -0.2) is 50.8 Å². The first kappa shape index (κ1) is 18.3. The van der Waals surface area contributed by atoms with Crippen LogP contribution in [0.2, 0.25) is 0 Å². The van der Waals surface area contributed by atoms with E-state index in [1.54, 1.807) is 21.0 Å². The molecule has 1 aromatic carbocycles. The van der Waals surface area contributed by atoms with E-state index in [0.717, 1.165) is 11.3 Å². The fourth-order valence-electron chi connectivity index (χ4n) is 3.23. The molecule has 0 aromatic heterocycles. The van der Waals surface area contributed by atoms with Gasteiger partial charge in [-0.25, -0.2) is 0 Å². The molecule has 6 heteroatoms. The average Bonchev–Trinajstić information content (AvgIpc) is 2.94. The second-order valence-electron chi connectivity index (χ2n) is 5.93. The normalized spacial score (nSPS) is 19.8. The maximum Gasteiger partial charge on any atom is 0.324 e. The number of esters is 2. The van der Waals surface area contributed by atoms with E-state index in [1.165, 1.54) is 0 Å². The summed E-state index contributed by atoms with van der Waals surface area (Å²) in [5, 5.41) is 0. The number of carbonyl (C=O) groups is 2. The molecule has 6 nitrogen and oxygen atoms in total. The zero-order valence-electron chi connectivity index (χ0n) is 14.7. The van der Waals surface area contributed by atoms with Gasteiger partial charge in [0.1, 0.15) is 5.75 Å². The number of hydrogen-bond acceptors (Lipinski definition) is 6. The highest BCUT2D eigenvalue weighted by atomic mass is 16.6. The minimum absolute atomic E-state index is 0.0890. The molecule has 0 saturated carbocycles. The Morgan fingerprint density at radius 3 is 2.38 bits per heavy atom. The van der Waals surface area contributed by atoms with Crippen molar-refractivity contribution in [2.75, 3.05) is 33.9 Å². The van der Waals surface area contributed by atoms with Crippen LogP contribution in [0.4, 0.5) is 0 Å². The lowest BCUT2D eigenvalue weighted by Gasteiger charge is -2.23. The lowest BCUT2D eigenvalue weighted by molar-refractivity contribution is -0.171. The predicted molar refractivity (Wildman–Crippen MR) is 88.7 cm³/mol. The summed E-state index contributed by atoms with van der Waals surface area (Å²) in [6.07, 6.45) is 0.328. The second kappa shape index (κ2) is 7.66. The Labute approximate surface area is 142 Å². The van der Waals surface area contributed by atoms with Crippen LogP contribution in [-0.2, 0) is 19.1 Å². The van der Waals surface area contributed by atoms with E-state index in [4.69, 9.17) is 14.2 Å². The van der Waals surface area contributed by atoms with E-state index in [2.05, 4.69) is 0 Å². The first-order chi connectivity index (χ1) is 11.5. The van der Waals surface area contributed by atoms with Gasteiger partial charge in [0.2, 0.25) is 0 Å². The van der Waals surface area contributed by atoms with E-state index in [9.17, 15) is 9.59 Å². The number of hydrogen-bond donors (Lipinski definition) is 0. The van der Waals surface area contributed by atoms with Crippen molar-refractivity contribution in [3.8, 4) is 5.75 Å². The standard InChI is InChI=1S/C18H25NO5/c1-5-23-16(20)18(17(21)24-6-2)11-15(19(3)12-18)13-8-7-9-14(10-13)22-4/h7-10,15H,5-6,11-12H2,1-4H3. The Bertz CT molecular complexity index is 583. The van der Waals surface area contributed by atoms with Crippen LogP contribution in [0.25, 0.3) is 0 Å². The minimum Gasteiger partial charge on any atom is -0.497 e. The van der Waals surface area contributed by atoms with Crippen LogP contribution < -0.4 is 4.74 Å².